The molecule has 0 unspecified atom stereocenters. The van der Waals surface area contributed by atoms with Gasteiger partial charge >= 0.3 is 0 Å². The Morgan fingerprint density at radius 3 is 2.46 bits per heavy atom. The highest BCUT2D eigenvalue weighted by molar-refractivity contribution is 6.42. The van der Waals surface area contributed by atoms with Gasteiger partial charge in [-0.1, -0.05) is 23.2 Å². The number of nitrogens with one attached hydrogen (secondary N) is 1. The Kier molecular flexibility index (Phi) is 4.66. The van der Waals surface area contributed by atoms with Crippen molar-refractivity contribution in [3.63, 3.8) is 0 Å². The average molecular weight is 415 g/mol. The minimum Gasteiger partial charge on any atom is -0.467 e. The van der Waals surface area contributed by atoms with E-state index in [-0.39, 0.29) is 23.2 Å². The number of fused-ring (bicyclic) bond motifs is 1. The fourth-order valence-corrected chi connectivity index (χ4v) is 3.21. The van der Waals surface area contributed by atoms with Crippen molar-refractivity contribution in [1.82, 2.24) is 4.90 Å². The van der Waals surface area contributed by atoms with Crippen molar-refractivity contribution in [2.45, 2.75) is 6.54 Å². The van der Waals surface area contributed by atoms with Crippen LogP contribution in [0.3, 0.4) is 0 Å². The lowest BCUT2D eigenvalue weighted by atomic mass is 10.1. The lowest BCUT2D eigenvalue weighted by Crippen LogP contribution is -2.28. The molecule has 0 aliphatic carbocycles. The van der Waals surface area contributed by atoms with Crippen LogP contribution in [0.15, 0.2) is 59.2 Å². The molecule has 3 amide bonds. The van der Waals surface area contributed by atoms with Crippen LogP contribution < -0.4 is 5.32 Å². The molecule has 2 heterocycles. The minimum atomic E-state index is -0.472. The standard InChI is InChI=1S/C20H12Cl2N2O4/c21-16-6-4-12(9-17(16)22)23-18(25)11-3-5-14-15(8-11)20(27)24(19(14)26)10-13-2-1-7-28-13/h1-9H,10H2,(H,23,25). The zero-order valence-electron chi connectivity index (χ0n) is 14.2. The molecule has 3 aromatic rings. The second kappa shape index (κ2) is 7.14. The average Bonchev–Trinajstić information content (AvgIpc) is 3.28. The van der Waals surface area contributed by atoms with Crippen LogP contribution in [-0.4, -0.2) is 22.6 Å². The van der Waals surface area contributed by atoms with Gasteiger partial charge in [0.05, 0.1) is 34.0 Å². The number of nitrogens with zero attached hydrogens (tertiary/aromatic N) is 1. The first-order valence-corrected chi connectivity index (χ1v) is 8.98. The van der Waals surface area contributed by atoms with Crippen molar-refractivity contribution < 1.29 is 18.8 Å². The Morgan fingerprint density at radius 2 is 1.75 bits per heavy atom. The van der Waals surface area contributed by atoms with Gasteiger partial charge in [-0.15, -0.1) is 0 Å². The zero-order valence-corrected chi connectivity index (χ0v) is 15.8. The van der Waals surface area contributed by atoms with E-state index in [4.69, 9.17) is 27.6 Å². The maximum absolute atomic E-state index is 12.6. The number of hydrogen-bond acceptors (Lipinski definition) is 4. The number of anilines is 1. The second-order valence-corrected chi connectivity index (χ2v) is 6.93. The van der Waals surface area contributed by atoms with Crippen molar-refractivity contribution in [2.75, 3.05) is 5.32 Å². The summed E-state index contributed by atoms with van der Waals surface area (Å²) in [6.45, 7) is 0.0319. The molecule has 0 saturated carbocycles. The van der Waals surface area contributed by atoms with Crippen molar-refractivity contribution >= 4 is 46.6 Å². The lowest BCUT2D eigenvalue weighted by Gasteiger charge is -2.11. The lowest BCUT2D eigenvalue weighted by molar-refractivity contribution is 0.0631. The van der Waals surface area contributed by atoms with E-state index in [1.807, 2.05) is 0 Å². The maximum atomic E-state index is 12.6. The zero-order chi connectivity index (χ0) is 19.8. The summed E-state index contributed by atoms with van der Waals surface area (Å²) in [7, 11) is 0. The van der Waals surface area contributed by atoms with E-state index < -0.39 is 17.7 Å². The topological polar surface area (TPSA) is 79.6 Å². The van der Waals surface area contributed by atoms with Gasteiger partial charge in [-0.25, -0.2) is 0 Å². The molecule has 0 bridgehead atoms. The van der Waals surface area contributed by atoms with E-state index in [9.17, 15) is 14.4 Å². The molecule has 1 aliphatic heterocycles. The predicted octanol–water partition coefficient (Wildman–Crippen LogP) is 4.63. The van der Waals surface area contributed by atoms with Crippen molar-refractivity contribution in [3.05, 3.63) is 87.3 Å². The summed E-state index contributed by atoms with van der Waals surface area (Å²) in [4.78, 5) is 38.8. The first-order valence-electron chi connectivity index (χ1n) is 8.23. The summed E-state index contributed by atoms with van der Waals surface area (Å²) in [5.41, 5.74) is 1.13. The molecule has 1 aromatic heterocycles. The molecular formula is C20H12Cl2N2O4. The number of halogens is 2. The summed E-state index contributed by atoms with van der Waals surface area (Å²) in [5, 5.41) is 3.37. The Balaban J connectivity index is 1.57. The van der Waals surface area contributed by atoms with Gasteiger partial charge in [0.2, 0.25) is 0 Å². The van der Waals surface area contributed by atoms with Crippen LogP contribution >= 0.6 is 23.2 Å². The largest absolute Gasteiger partial charge is 0.467 e. The van der Waals surface area contributed by atoms with E-state index in [1.165, 1.54) is 30.5 Å². The molecule has 0 saturated heterocycles. The SMILES string of the molecule is O=C(Nc1ccc(Cl)c(Cl)c1)c1ccc2c(c1)C(=O)N(Cc1ccco1)C2=O. The number of furan rings is 1. The third kappa shape index (κ3) is 3.28. The Morgan fingerprint density at radius 1 is 0.964 bits per heavy atom. The normalized spacial score (nSPS) is 13.0. The number of imide groups is 1. The molecule has 0 radical (unpaired) electrons. The third-order valence-electron chi connectivity index (χ3n) is 4.30. The molecule has 0 fully saturated rings. The van der Waals surface area contributed by atoms with Crippen LogP contribution in [0.2, 0.25) is 10.0 Å². The van der Waals surface area contributed by atoms with Gasteiger partial charge in [0.25, 0.3) is 17.7 Å². The van der Waals surface area contributed by atoms with Gasteiger partial charge in [0.15, 0.2) is 0 Å². The predicted molar refractivity (Wildman–Crippen MR) is 104 cm³/mol. The van der Waals surface area contributed by atoms with Crippen molar-refractivity contribution in [2.24, 2.45) is 0 Å². The number of carbonyl (C=O) groups is 3. The summed E-state index contributed by atoms with van der Waals surface area (Å²) in [6.07, 6.45) is 1.47. The molecule has 0 spiro atoms. The number of carbonyl (C=O) groups excluding carboxylic acids is 3. The fraction of sp³-hybridized carbons (Fsp3) is 0.0500. The summed E-state index contributed by atoms with van der Waals surface area (Å²) in [5.74, 6) is -0.841. The van der Waals surface area contributed by atoms with Crippen LogP contribution in [0, 0.1) is 0 Å². The van der Waals surface area contributed by atoms with Gasteiger partial charge in [-0.2, -0.15) is 0 Å². The smallest absolute Gasteiger partial charge is 0.261 e. The maximum Gasteiger partial charge on any atom is 0.261 e. The molecular weight excluding hydrogens is 403 g/mol. The van der Waals surface area contributed by atoms with E-state index in [0.29, 0.717) is 21.5 Å². The highest BCUT2D eigenvalue weighted by Gasteiger charge is 2.36. The van der Waals surface area contributed by atoms with Crippen LogP contribution in [0.5, 0.6) is 0 Å². The van der Waals surface area contributed by atoms with Gasteiger partial charge in [-0.3, -0.25) is 19.3 Å². The molecule has 2 aromatic carbocycles. The number of hydrogen-bond donors (Lipinski definition) is 1. The quantitative estimate of drug-likeness (QED) is 0.630. The molecule has 1 N–H and O–H groups in total. The molecule has 140 valence electrons. The highest BCUT2D eigenvalue weighted by Crippen LogP contribution is 2.27. The summed E-state index contributed by atoms with van der Waals surface area (Å²) < 4.78 is 5.21. The van der Waals surface area contributed by atoms with Gasteiger partial charge in [-0.05, 0) is 48.5 Å². The Hall–Kier alpha value is -3.09. The van der Waals surface area contributed by atoms with Crippen LogP contribution in [0.4, 0.5) is 5.69 Å². The first-order chi connectivity index (χ1) is 13.4. The van der Waals surface area contributed by atoms with Crippen LogP contribution in [-0.2, 0) is 6.54 Å². The minimum absolute atomic E-state index is 0.0319. The number of benzene rings is 2. The Bertz CT molecular complexity index is 1110. The highest BCUT2D eigenvalue weighted by atomic mass is 35.5. The van der Waals surface area contributed by atoms with E-state index in [2.05, 4.69) is 5.32 Å². The van der Waals surface area contributed by atoms with Crippen LogP contribution in [0.1, 0.15) is 36.8 Å². The van der Waals surface area contributed by atoms with Gasteiger partial charge in [0.1, 0.15) is 5.76 Å². The summed E-state index contributed by atoms with van der Waals surface area (Å²) >= 11 is 11.8. The van der Waals surface area contributed by atoms with Crippen molar-refractivity contribution in [1.29, 1.82) is 0 Å². The van der Waals surface area contributed by atoms with E-state index >= 15 is 0 Å². The summed E-state index contributed by atoms with van der Waals surface area (Å²) in [6, 6.07) is 12.4. The third-order valence-corrected chi connectivity index (χ3v) is 5.04. The van der Waals surface area contributed by atoms with Gasteiger partial charge in [0, 0.05) is 11.3 Å². The molecule has 1 aliphatic rings. The monoisotopic (exact) mass is 414 g/mol. The molecule has 0 atom stereocenters. The van der Waals surface area contributed by atoms with E-state index in [1.54, 1.807) is 24.3 Å². The molecule has 6 nitrogen and oxygen atoms in total. The molecule has 8 heteroatoms. The molecule has 28 heavy (non-hydrogen) atoms. The number of amides is 3. The first kappa shape index (κ1) is 18.3. The molecule has 4 rings (SSSR count). The van der Waals surface area contributed by atoms with Crippen molar-refractivity contribution in [3.8, 4) is 0 Å². The Labute approximate surface area is 169 Å². The van der Waals surface area contributed by atoms with E-state index in [0.717, 1.165) is 4.90 Å². The van der Waals surface area contributed by atoms with Gasteiger partial charge < -0.3 is 9.73 Å². The van der Waals surface area contributed by atoms with Crippen LogP contribution in [0.25, 0.3) is 0 Å². The number of rotatable bonds is 4. The second-order valence-electron chi connectivity index (χ2n) is 6.12. The fourth-order valence-electron chi connectivity index (χ4n) is 2.91.